The fourth-order valence-corrected chi connectivity index (χ4v) is 3.51. The Labute approximate surface area is 156 Å². The first-order chi connectivity index (χ1) is 12.6. The Bertz CT molecular complexity index is 772. The van der Waals surface area contributed by atoms with E-state index in [0.717, 1.165) is 5.69 Å². The summed E-state index contributed by atoms with van der Waals surface area (Å²) in [5.74, 6) is -2.78. The molecule has 0 aromatic carbocycles. The molecule has 1 saturated carbocycles. The van der Waals surface area contributed by atoms with Crippen LogP contribution >= 0.6 is 0 Å². The van der Waals surface area contributed by atoms with Crippen molar-refractivity contribution in [1.82, 2.24) is 9.78 Å². The molecule has 0 spiro atoms. The number of Topliss-reactive ketones (excluding diaryl/α,β-unsaturated/α-hetero) is 1. The molecule has 0 aliphatic heterocycles. The lowest BCUT2D eigenvalue weighted by Crippen LogP contribution is -2.28. The van der Waals surface area contributed by atoms with Crippen molar-refractivity contribution in [3.63, 3.8) is 0 Å². The third kappa shape index (κ3) is 4.89. The Hall–Kier alpha value is -2.78. The van der Waals surface area contributed by atoms with E-state index in [-0.39, 0.29) is 31.1 Å². The first-order valence-corrected chi connectivity index (χ1v) is 8.70. The fourth-order valence-electron chi connectivity index (χ4n) is 3.51. The summed E-state index contributed by atoms with van der Waals surface area (Å²) < 4.78 is 6.59. The van der Waals surface area contributed by atoms with Crippen LogP contribution in [0.15, 0.2) is 0 Å². The highest BCUT2D eigenvalue weighted by molar-refractivity contribution is 5.94. The third-order valence-corrected chi connectivity index (χ3v) is 5.07. The highest BCUT2D eigenvalue weighted by atomic mass is 16.6. The summed E-state index contributed by atoms with van der Waals surface area (Å²) in [7, 11) is 1.75. The number of hydrogen-bond donors (Lipinski definition) is 1. The molecule has 0 unspecified atom stereocenters. The van der Waals surface area contributed by atoms with Crippen molar-refractivity contribution in [2.45, 2.75) is 33.6 Å². The number of anilines is 1. The summed E-state index contributed by atoms with van der Waals surface area (Å²) in [6, 6.07) is 0. The minimum Gasteiger partial charge on any atom is -0.456 e. The van der Waals surface area contributed by atoms with Gasteiger partial charge in [0.2, 0.25) is 6.54 Å². The van der Waals surface area contributed by atoms with Crippen molar-refractivity contribution in [2.75, 3.05) is 18.5 Å². The minimum atomic E-state index is -0.733. The lowest BCUT2D eigenvalue weighted by atomic mass is 9.88. The van der Waals surface area contributed by atoms with E-state index >= 15 is 0 Å². The van der Waals surface area contributed by atoms with Crippen molar-refractivity contribution in [1.29, 1.82) is 0 Å². The summed E-state index contributed by atoms with van der Waals surface area (Å²) >= 11 is 0. The number of nitrogens with zero attached hydrogens (tertiary/aromatic N) is 3. The molecule has 10 heteroatoms. The van der Waals surface area contributed by atoms with Crippen LogP contribution in [-0.4, -0.2) is 45.5 Å². The van der Waals surface area contributed by atoms with Crippen LogP contribution in [0.3, 0.4) is 0 Å². The number of carbonyl (C=O) groups is 3. The van der Waals surface area contributed by atoms with Crippen LogP contribution in [0, 0.1) is 41.7 Å². The average molecular weight is 380 g/mol. The molecular weight excluding hydrogens is 356 g/mol. The predicted molar refractivity (Wildman–Crippen MR) is 94.5 cm³/mol. The fraction of sp³-hybridized carbons (Fsp3) is 0.647. The number of ether oxygens (including phenoxy) is 1. The molecule has 148 valence electrons. The lowest BCUT2D eigenvalue weighted by Gasteiger charge is -2.17. The van der Waals surface area contributed by atoms with Gasteiger partial charge in [-0.3, -0.25) is 29.2 Å². The van der Waals surface area contributed by atoms with Crippen molar-refractivity contribution >= 4 is 23.3 Å². The monoisotopic (exact) mass is 380 g/mol. The molecule has 10 nitrogen and oxygen atoms in total. The van der Waals surface area contributed by atoms with Gasteiger partial charge < -0.3 is 10.1 Å². The second-order valence-corrected chi connectivity index (χ2v) is 7.02. The number of hydrogen-bond acceptors (Lipinski definition) is 7. The first-order valence-electron chi connectivity index (χ1n) is 8.70. The minimum absolute atomic E-state index is 0.152. The predicted octanol–water partition coefficient (Wildman–Crippen LogP) is 1.03. The molecule has 1 aliphatic carbocycles. The number of nitrogens with one attached hydrogen (secondary N) is 1. The number of carbonyl (C=O) groups excluding carboxylic acids is 3. The zero-order valence-corrected chi connectivity index (χ0v) is 15.9. The molecule has 1 fully saturated rings. The maximum Gasteiger partial charge on any atom is 0.307 e. The van der Waals surface area contributed by atoms with E-state index in [1.807, 2.05) is 0 Å². The van der Waals surface area contributed by atoms with Crippen LogP contribution in [0.2, 0.25) is 0 Å². The Morgan fingerprint density at radius 3 is 2.63 bits per heavy atom. The zero-order valence-electron chi connectivity index (χ0n) is 15.9. The van der Waals surface area contributed by atoms with Gasteiger partial charge in [0.25, 0.3) is 5.91 Å². The number of nitro groups is 1. The molecule has 1 amide bonds. The van der Waals surface area contributed by atoms with Crippen LogP contribution in [0.5, 0.6) is 0 Å². The standard InChI is InChI=1S/C17H24N4O6/c1-9-5-14(22)12(13(9)7-21(25)26)6-16(24)27-8-15(23)18-17-10(2)19-20(4)11(17)3/h9,12-13H,5-8H2,1-4H3,(H,18,23)/t9-,12-,13-/m1/s1. The van der Waals surface area contributed by atoms with Gasteiger partial charge in [-0.2, -0.15) is 5.10 Å². The molecule has 1 aliphatic rings. The second kappa shape index (κ2) is 8.28. The van der Waals surface area contributed by atoms with E-state index < -0.39 is 35.2 Å². The molecule has 0 radical (unpaired) electrons. The molecular formula is C17H24N4O6. The summed E-state index contributed by atoms with van der Waals surface area (Å²) in [6.07, 6.45) is -0.0313. The van der Waals surface area contributed by atoms with E-state index in [1.165, 1.54) is 0 Å². The van der Waals surface area contributed by atoms with Crippen molar-refractivity contribution in [3.05, 3.63) is 21.5 Å². The Morgan fingerprint density at radius 1 is 1.41 bits per heavy atom. The highest BCUT2D eigenvalue weighted by Gasteiger charge is 2.44. The molecule has 1 aromatic heterocycles. The van der Waals surface area contributed by atoms with E-state index in [4.69, 9.17) is 4.74 Å². The highest BCUT2D eigenvalue weighted by Crippen LogP contribution is 2.36. The number of aryl methyl sites for hydroxylation is 2. The number of aromatic nitrogens is 2. The van der Waals surface area contributed by atoms with Gasteiger partial charge in [0.1, 0.15) is 5.78 Å². The smallest absolute Gasteiger partial charge is 0.307 e. The second-order valence-electron chi connectivity index (χ2n) is 7.02. The van der Waals surface area contributed by atoms with Crippen molar-refractivity contribution in [3.8, 4) is 0 Å². The molecule has 1 heterocycles. The van der Waals surface area contributed by atoms with Crippen LogP contribution in [-0.2, 0) is 26.2 Å². The molecule has 0 saturated heterocycles. The maximum absolute atomic E-state index is 12.0. The van der Waals surface area contributed by atoms with Crippen LogP contribution < -0.4 is 5.32 Å². The van der Waals surface area contributed by atoms with Gasteiger partial charge >= 0.3 is 5.97 Å². The van der Waals surface area contributed by atoms with Crippen molar-refractivity contribution in [2.24, 2.45) is 24.8 Å². The van der Waals surface area contributed by atoms with Crippen LogP contribution in [0.1, 0.15) is 31.2 Å². The van der Waals surface area contributed by atoms with E-state index in [9.17, 15) is 24.5 Å². The Morgan fingerprint density at radius 2 is 2.07 bits per heavy atom. The van der Waals surface area contributed by atoms with E-state index in [0.29, 0.717) is 11.4 Å². The first kappa shape index (κ1) is 20.5. The summed E-state index contributed by atoms with van der Waals surface area (Å²) in [4.78, 5) is 46.4. The SMILES string of the molecule is Cc1nn(C)c(C)c1NC(=O)COC(=O)C[C@H]1C(=O)C[C@@H](C)[C@H]1C[N+](=O)[O-]. The quantitative estimate of drug-likeness (QED) is 0.424. The third-order valence-electron chi connectivity index (χ3n) is 5.07. The Kier molecular flexibility index (Phi) is 6.29. The molecule has 27 heavy (non-hydrogen) atoms. The van der Waals surface area contributed by atoms with E-state index in [2.05, 4.69) is 10.4 Å². The summed E-state index contributed by atoms with van der Waals surface area (Å²) in [5, 5.41) is 17.6. The van der Waals surface area contributed by atoms with Gasteiger partial charge in [0.15, 0.2) is 6.61 Å². The van der Waals surface area contributed by atoms with Gasteiger partial charge in [-0.1, -0.05) is 6.92 Å². The van der Waals surface area contributed by atoms with Crippen LogP contribution in [0.4, 0.5) is 5.69 Å². The molecule has 3 atom stereocenters. The van der Waals surface area contributed by atoms with E-state index in [1.54, 1.807) is 32.5 Å². The Balaban J connectivity index is 1.88. The molecule has 2 rings (SSSR count). The summed E-state index contributed by atoms with van der Waals surface area (Å²) in [5.41, 5.74) is 1.97. The molecule has 1 aromatic rings. The maximum atomic E-state index is 12.0. The van der Waals surface area contributed by atoms with Gasteiger partial charge in [0.05, 0.1) is 23.5 Å². The molecule has 1 N–H and O–H groups in total. The normalized spacial score (nSPS) is 21.9. The number of rotatable bonds is 7. The number of esters is 1. The van der Waals surface area contributed by atoms with Crippen molar-refractivity contribution < 1.29 is 24.0 Å². The summed E-state index contributed by atoms with van der Waals surface area (Å²) in [6.45, 7) is 4.46. The topological polar surface area (TPSA) is 133 Å². The van der Waals surface area contributed by atoms with Gasteiger partial charge in [-0.25, -0.2) is 0 Å². The zero-order chi connectivity index (χ0) is 20.3. The van der Waals surface area contributed by atoms with Gasteiger partial charge in [-0.05, 0) is 19.8 Å². The largest absolute Gasteiger partial charge is 0.456 e. The average Bonchev–Trinajstić information content (AvgIpc) is 2.96. The van der Waals surface area contributed by atoms with Gasteiger partial charge in [-0.15, -0.1) is 0 Å². The number of amides is 1. The van der Waals surface area contributed by atoms with Gasteiger partial charge in [0, 0.05) is 30.2 Å². The lowest BCUT2D eigenvalue weighted by molar-refractivity contribution is -0.490. The number of ketones is 1. The molecule has 0 bridgehead atoms. The van der Waals surface area contributed by atoms with Crippen LogP contribution in [0.25, 0.3) is 0 Å².